The fourth-order valence-corrected chi connectivity index (χ4v) is 6.64. The van der Waals surface area contributed by atoms with E-state index >= 15 is 0 Å². The maximum absolute atomic E-state index is 13.7. The van der Waals surface area contributed by atoms with Crippen molar-refractivity contribution >= 4 is 58.3 Å². The lowest BCUT2D eigenvalue weighted by molar-refractivity contribution is 0.146. The number of halogens is 4. The lowest BCUT2D eigenvalue weighted by Crippen LogP contribution is -2.44. The van der Waals surface area contributed by atoms with E-state index in [-0.39, 0.29) is 22.5 Å². The summed E-state index contributed by atoms with van der Waals surface area (Å²) in [4.78, 5) is 19.4. The molecule has 1 fully saturated rings. The molecule has 1 saturated heterocycles. The number of nitrogens with zero attached hydrogens (tertiary/aromatic N) is 7. The Hall–Kier alpha value is -1.31. The molecule has 0 amide bonds. The van der Waals surface area contributed by atoms with Gasteiger partial charge in [0.2, 0.25) is 0 Å². The fraction of sp³-hybridized carbons (Fsp3) is 0.480. The molecular weight excluding hydrogens is 678 g/mol. The van der Waals surface area contributed by atoms with Crippen molar-refractivity contribution in [2.45, 2.75) is 32.5 Å². The molecule has 0 radical (unpaired) electrons. The molecule has 3 aromatic rings. The van der Waals surface area contributed by atoms with Gasteiger partial charge in [-0.05, 0) is 40.9 Å². The van der Waals surface area contributed by atoms with E-state index in [2.05, 4.69) is 61.5 Å². The van der Waals surface area contributed by atoms with Crippen molar-refractivity contribution in [2.24, 2.45) is 0 Å². The second-order valence-corrected chi connectivity index (χ2v) is 11.8. The third kappa shape index (κ3) is 6.95. The highest BCUT2D eigenvalue weighted by Gasteiger charge is 2.29. The van der Waals surface area contributed by atoms with Crippen LogP contribution in [-0.2, 0) is 26.1 Å². The van der Waals surface area contributed by atoms with Gasteiger partial charge in [-0.15, -0.1) is 0 Å². The maximum Gasteiger partial charge on any atom is 0.291 e. The molecule has 0 N–H and O–H groups in total. The number of anilines is 1. The monoisotopic (exact) mass is 709 g/mol. The molecule has 0 bridgehead atoms. The first-order chi connectivity index (χ1) is 18.9. The Labute approximate surface area is 252 Å². The highest BCUT2D eigenvalue weighted by Crippen LogP contribution is 2.32. The fourth-order valence-electron chi connectivity index (χ4n) is 5.00. The number of thiol groups is 1. The zero-order chi connectivity index (χ0) is 28.1. The summed E-state index contributed by atoms with van der Waals surface area (Å²) in [6.45, 7) is 6.02. The largest absolute Gasteiger partial charge is 0.364 e. The minimum atomic E-state index is -2.54. The summed E-state index contributed by atoms with van der Waals surface area (Å²) in [5, 5.41) is 9.42. The first kappa shape index (κ1) is 30.6. The van der Waals surface area contributed by atoms with Gasteiger partial charge < -0.3 is 9.80 Å². The average Bonchev–Trinajstić information content (AvgIpc) is 3.28. The topological polar surface area (TPSA) is 62.4 Å². The van der Waals surface area contributed by atoms with E-state index in [4.69, 9.17) is 16.7 Å². The molecule has 1 atom stereocenters. The summed E-state index contributed by atoms with van der Waals surface area (Å²) >= 11 is 12.1. The van der Waals surface area contributed by atoms with Crippen molar-refractivity contribution in [2.75, 3.05) is 50.9 Å². The number of fused-ring (bicyclic) bond motifs is 1. The van der Waals surface area contributed by atoms with Crippen molar-refractivity contribution in [3.05, 3.63) is 73.9 Å². The smallest absolute Gasteiger partial charge is 0.291 e. The molecule has 212 valence electrons. The number of hydrogen-bond donors (Lipinski definition) is 1. The minimum Gasteiger partial charge on any atom is -0.364 e. The van der Waals surface area contributed by atoms with Crippen molar-refractivity contribution < 1.29 is 8.78 Å². The Morgan fingerprint density at radius 3 is 2.54 bits per heavy atom. The first-order valence-corrected chi connectivity index (χ1v) is 17.9. The van der Waals surface area contributed by atoms with E-state index < -0.39 is 6.43 Å². The third-order valence-corrected chi connectivity index (χ3v) is 9.32. The van der Waals surface area contributed by atoms with Gasteiger partial charge in [0.25, 0.3) is 12.0 Å². The SMILES string of the molecule is CN1CCN(Cc2nn(Cc3ccccc3C(F)F)c3c2CN(c2cnn(PI)c(=O)c2Cl)CC3)CC1.CS. The molecule has 4 heterocycles. The molecule has 0 aliphatic carbocycles. The molecule has 2 aliphatic heterocycles. The summed E-state index contributed by atoms with van der Waals surface area (Å²) < 4.78 is 30.6. The van der Waals surface area contributed by atoms with Crippen LogP contribution in [0.15, 0.2) is 35.3 Å². The maximum atomic E-state index is 13.7. The zero-order valence-electron chi connectivity index (χ0n) is 21.8. The number of alkyl halides is 2. The van der Waals surface area contributed by atoms with Crippen molar-refractivity contribution in [1.29, 1.82) is 0 Å². The van der Waals surface area contributed by atoms with E-state index in [1.807, 2.05) is 4.68 Å². The molecule has 39 heavy (non-hydrogen) atoms. The third-order valence-electron chi connectivity index (χ3n) is 7.12. The number of benzene rings is 1. The summed E-state index contributed by atoms with van der Waals surface area (Å²) in [7, 11) is 2.12. The van der Waals surface area contributed by atoms with Crippen LogP contribution in [0.25, 0.3) is 0 Å². The second kappa shape index (κ2) is 14.0. The van der Waals surface area contributed by atoms with Crippen LogP contribution in [0.3, 0.4) is 0 Å². The minimum absolute atomic E-state index is 0.0409. The van der Waals surface area contributed by atoms with Gasteiger partial charge in [0.1, 0.15) is 5.02 Å². The Kier molecular flexibility index (Phi) is 11.0. The number of aromatic nitrogens is 4. The molecule has 0 saturated carbocycles. The molecule has 2 aromatic heterocycles. The van der Waals surface area contributed by atoms with Gasteiger partial charge >= 0.3 is 0 Å². The Morgan fingerprint density at radius 1 is 1.13 bits per heavy atom. The zero-order valence-corrected chi connectivity index (χ0v) is 26.6. The average molecular weight is 710 g/mol. The molecule has 1 aromatic carbocycles. The van der Waals surface area contributed by atoms with Crippen molar-refractivity contribution in [3.63, 3.8) is 0 Å². The van der Waals surface area contributed by atoms with Crippen LogP contribution in [0.1, 0.15) is 34.5 Å². The molecule has 14 heteroatoms. The van der Waals surface area contributed by atoms with Crippen LogP contribution in [0, 0.1) is 0 Å². The van der Waals surface area contributed by atoms with Crippen LogP contribution >= 0.6 is 52.6 Å². The van der Waals surface area contributed by atoms with E-state index in [1.165, 1.54) is 10.5 Å². The summed E-state index contributed by atoms with van der Waals surface area (Å²) in [5.74, 6) is 0. The van der Waals surface area contributed by atoms with Gasteiger partial charge in [-0.1, -0.05) is 35.9 Å². The molecule has 0 spiro atoms. The van der Waals surface area contributed by atoms with E-state index in [0.717, 1.165) is 43.1 Å². The molecule has 2 aliphatic rings. The Bertz CT molecular complexity index is 1340. The van der Waals surface area contributed by atoms with Gasteiger partial charge in [0.15, 0.2) is 0 Å². The summed E-state index contributed by atoms with van der Waals surface area (Å²) in [5.41, 5.74) is 4.02. The quantitative estimate of drug-likeness (QED) is 0.218. The molecule has 1 unspecified atom stereocenters. The van der Waals surface area contributed by atoms with Crippen LogP contribution in [-0.4, -0.2) is 75.2 Å². The lowest BCUT2D eigenvalue weighted by Gasteiger charge is -2.33. The van der Waals surface area contributed by atoms with Gasteiger partial charge in [0.05, 0.1) is 30.5 Å². The first-order valence-electron chi connectivity index (χ1n) is 12.5. The normalized spacial score (nSPS) is 16.6. The Balaban J connectivity index is 0.00000172. The number of piperazine rings is 1. The van der Waals surface area contributed by atoms with Crippen molar-refractivity contribution in [1.82, 2.24) is 29.1 Å². The standard InChI is InChI=1S/C24H28ClF2IN7OP.CH4S/c1-31-8-10-32(11-9-31)15-19-18-14-33(21-12-29-35(37-28)24(36)22(21)25)7-6-20(18)34(30-19)13-16-4-2-3-5-17(16)23(26)27;1-2/h2-5,12,23,37H,6-11,13-15H2,1H3;2H,1H3. The number of hydrogen-bond acceptors (Lipinski definition) is 7. The van der Waals surface area contributed by atoms with Gasteiger partial charge in [0, 0.05) is 69.1 Å². The number of likely N-dealkylation sites (N-methyl/N-ethyl adjacent to an activating group) is 1. The van der Waals surface area contributed by atoms with Crippen LogP contribution in [0.5, 0.6) is 0 Å². The molecular formula is C25H32ClF2IN7OPS. The Morgan fingerprint density at radius 2 is 1.85 bits per heavy atom. The number of rotatable bonds is 7. The van der Waals surface area contributed by atoms with Gasteiger partial charge in [-0.3, -0.25) is 14.4 Å². The van der Waals surface area contributed by atoms with Crippen molar-refractivity contribution in [3.8, 4) is 0 Å². The highest BCUT2D eigenvalue weighted by atomic mass is 127. The van der Waals surface area contributed by atoms with E-state index in [0.29, 0.717) is 43.9 Å². The van der Waals surface area contributed by atoms with Gasteiger partial charge in [-0.25, -0.2) is 13.2 Å². The van der Waals surface area contributed by atoms with E-state index in [1.54, 1.807) is 30.7 Å². The lowest BCUT2D eigenvalue weighted by atomic mass is 10.0. The summed E-state index contributed by atoms with van der Waals surface area (Å²) in [6.07, 6.45) is 1.64. The molecule has 5 rings (SSSR count). The predicted molar refractivity (Wildman–Crippen MR) is 166 cm³/mol. The van der Waals surface area contributed by atoms with Crippen LogP contribution < -0.4 is 10.5 Å². The van der Waals surface area contributed by atoms with E-state index in [9.17, 15) is 13.6 Å². The second-order valence-electron chi connectivity index (χ2n) is 9.43. The molecule has 8 nitrogen and oxygen atoms in total. The highest BCUT2D eigenvalue weighted by molar-refractivity contribution is 14.2. The predicted octanol–water partition coefficient (Wildman–Crippen LogP) is 4.73. The van der Waals surface area contributed by atoms with Crippen LogP contribution in [0.2, 0.25) is 5.02 Å². The van der Waals surface area contributed by atoms with Crippen LogP contribution in [0.4, 0.5) is 14.5 Å². The summed E-state index contributed by atoms with van der Waals surface area (Å²) in [6, 6.07) is 6.66. The van der Waals surface area contributed by atoms with Gasteiger partial charge in [-0.2, -0.15) is 22.8 Å².